The molecule has 1 fully saturated rings. The molecule has 1 aromatic heterocycles. The number of hydrogen-bond acceptors (Lipinski definition) is 4. The van der Waals surface area contributed by atoms with Crippen molar-refractivity contribution < 1.29 is 8.78 Å². The lowest BCUT2D eigenvalue weighted by Crippen LogP contribution is -2.30. The number of halogens is 2. The van der Waals surface area contributed by atoms with Crippen molar-refractivity contribution in [3.63, 3.8) is 0 Å². The molecule has 1 atom stereocenters. The Kier molecular flexibility index (Phi) is 6.79. The Hall–Kier alpha value is -2.25. The van der Waals surface area contributed by atoms with Gasteiger partial charge in [0.1, 0.15) is 17.5 Å². The van der Waals surface area contributed by atoms with Crippen molar-refractivity contribution in [3.8, 4) is 0 Å². The number of piperidine rings is 1. The fraction of sp³-hybridized carbons (Fsp3) is 0.391. The number of benzene rings is 2. The summed E-state index contributed by atoms with van der Waals surface area (Å²) in [5.74, 6) is -0.169. The van der Waals surface area contributed by atoms with Gasteiger partial charge in [-0.25, -0.2) is 8.78 Å². The molecule has 1 aliphatic heterocycles. The number of thioether (sulfide) groups is 1. The van der Waals surface area contributed by atoms with E-state index in [0.29, 0.717) is 12.1 Å². The minimum Gasteiger partial charge on any atom is -0.300 e. The Balaban J connectivity index is 1.59. The predicted octanol–water partition coefficient (Wildman–Crippen LogP) is 5.44. The van der Waals surface area contributed by atoms with Gasteiger partial charge >= 0.3 is 0 Å². The molecular weight excluding hydrogens is 402 g/mol. The highest BCUT2D eigenvalue weighted by atomic mass is 32.2. The van der Waals surface area contributed by atoms with Crippen LogP contribution in [0.15, 0.2) is 53.7 Å². The topological polar surface area (TPSA) is 34.0 Å². The summed E-state index contributed by atoms with van der Waals surface area (Å²) in [6, 6.07) is 14.0. The van der Waals surface area contributed by atoms with E-state index in [4.69, 9.17) is 0 Å². The number of likely N-dealkylation sites (tertiary alicyclic amines) is 1. The molecule has 1 aliphatic rings. The maximum absolute atomic E-state index is 14.3. The fourth-order valence-corrected chi connectivity index (χ4v) is 4.84. The number of nitrogens with zero attached hydrogens (tertiary/aromatic N) is 4. The Morgan fingerprint density at radius 2 is 1.73 bits per heavy atom. The third-order valence-electron chi connectivity index (χ3n) is 5.47. The second kappa shape index (κ2) is 9.71. The van der Waals surface area contributed by atoms with Crippen LogP contribution in [-0.4, -0.2) is 32.8 Å². The average molecular weight is 429 g/mol. The largest absolute Gasteiger partial charge is 0.300 e. The SMILES string of the molecule is CC(Sc1nnc(CN2CCCCC2)n1Cc1ccccc1)c1ccc(F)cc1F. The van der Waals surface area contributed by atoms with E-state index >= 15 is 0 Å². The van der Waals surface area contributed by atoms with Gasteiger partial charge in [0.15, 0.2) is 5.16 Å². The van der Waals surface area contributed by atoms with Gasteiger partial charge in [-0.05, 0) is 44.5 Å². The molecule has 4 rings (SSSR count). The average Bonchev–Trinajstić information content (AvgIpc) is 3.10. The summed E-state index contributed by atoms with van der Waals surface area (Å²) in [7, 11) is 0. The first-order valence-corrected chi connectivity index (χ1v) is 11.3. The molecule has 0 bridgehead atoms. The second-order valence-corrected chi connectivity index (χ2v) is 9.04. The highest BCUT2D eigenvalue weighted by Crippen LogP contribution is 2.36. The van der Waals surface area contributed by atoms with E-state index in [1.165, 1.54) is 48.7 Å². The quantitative estimate of drug-likeness (QED) is 0.469. The first kappa shape index (κ1) is 21.0. The summed E-state index contributed by atoms with van der Waals surface area (Å²) in [6.07, 6.45) is 3.72. The van der Waals surface area contributed by atoms with Gasteiger partial charge in [-0.2, -0.15) is 0 Å². The number of hydrogen-bond donors (Lipinski definition) is 0. The molecule has 0 spiro atoms. The van der Waals surface area contributed by atoms with Crippen molar-refractivity contribution in [1.82, 2.24) is 19.7 Å². The number of rotatable bonds is 7. The van der Waals surface area contributed by atoms with Crippen LogP contribution in [0.2, 0.25) is 0 Å². The molecule has 0 saturated carbocycles. The first-order valence-electron chi connectivity index (χ1n) is 10.4. The molecule has 0 N–H and O–H groups in total. The van der Waals surface area contributed by atoms with Crippen LogP contribution in [0.5, 0.6) is 0 Å². The fourth-order valence-electron chi connectivity index (χ4n) is 3.82. The van der Waals surface area contributed by atoms with Crippen molar-refractivity contribution in [2.24, 2.45) is 0 Å². The van der Waals surface area contributed by atoms with Crippen molar-refractivity contribution in [2.45, 2.75) is 49.7 Å². The van der Waals surface area contributed by atoms with E-state index in [0.717, 1.165) is 36.7 Å². The lowest BCUT2D eigenvalue weighted by atomic mass is 10.1. The minimum absolute atomic E-state index is 0.216. The van der Waals surface area contributed by atoms with Crippen LogP contribution in [0.25, 0.3) is 0 Å². The van der Waals surface area contributed by atoms with Crippen molar-refractivity contribution in [1.29, 1.82) is 0 Å². The van der Waals surface area contributed by atoms with Gasteiger partial charge in [-0.3, -0.25) is 4.90 Å². The van der Waals surface area contributed by atoms with E-state index < -0.39 is 11.6 Å². The molecule has 30 heavy (non-hydrogen) atoms. The highest BCUT2D eigenvalue weighted by molar-refractivity contribution is 7.99. The zero-order valence-corrected chi connectivity index (χ0v) is 17.9. The Morgan fingerprint density at radius 1 is 0.967 bits per heavy atom. The van der Waals surface area contributed by atoms with E-state index in [1.807, 2.05) is 25.1 Å². The number of aromatic nitrogens is 3. The molecule has 2 heterocycles. The molecule has 0 radical (unpaired) electrons. The van der Waals surface area contributed by atoms with Gasteiger partial charge in [0.25, 0.3) is 0 Å². The summed E-state index contributed by atoms with van der Waals surface area (Å²) in [6.45, 7) is 5.50. The highest BCUT2D eigenvalue weighted by Gasteiger charge is 2.21. The van der Waals surface area contributed by atoms with Crippen molar-refractivity contribution in [2.75, 3.05) is 13.1 Å². The van der Waals surface area contributed by atoms with Crippen LogP contribution in [0.3, 0.4) is 0 Å². The van der Waals surface area contributed by atoms with Crippen molar-refractivity contribution in [3.05, 3.63) is 77.1 Å². The Morgan fingerprint density at radius 3 is 2.47 bits per heavy atom. The zero-order valence-electron chi connectivity index (χ0n) is 17.1. The molecule has 3 aromatic rings. The van der Waals surface area contributed by atoms with E-state index in [9.17, 15) is 8.78 Å². The van der Waals surface area contributed by atoms with Crippen LogP contribution in [0.4, 0.5) is 8.78 Å². The van der Waals surface area contributed by atoms with Gasteiger partial charge in [0.2, 0.25) is 0 Å². The van der Waals surface area contributed by atoms with Gasteiger partial charge < -0.3 is 4.57 Å². The molecule has 1 saturated heterocycles. The summed E-state index contributed by atoms with van der Waals surface area (Å²) in [4.78, 5) is 2.42. The third-order valence-corrected chi connectivity index (χ3v) is 6.59. The van der Waals surface area contributed by atoms with Crippen LogP contribution in [0.1, 0.15) is 48.4 Å². The van der Waals surface area contributed by atoms with Crippen molar-refractivity contribution >= 4 is 11.8 Å². The summed E-state index contributed by atoms with van der Waals surface area (Å²) in [5, 5.41) is 9.47. The molecule has 158 valence electrons. The Bertz CT molecular complexity index is 971. The lowest BCUT2D eigenvalue weighted by Gasteiger charge is -2.26. The standard InChI is InChI=1S/C23H26F2N4S/c1-17(20-11-10-19(24)14-21(20)25)30-23-27-26-22(16-28-12-6-3-7-13-28)29(23)15-18-8-4-2-5-9-18/h2,4-5,8-11,14,17H,3,6-7,12-13,15-16H2,1H3. The molecule has 2 aromatic carbocycles. The molecular formula is C23H26F2N4S. The molecule has 1 unspecified atom stereocenters. The summed E-state index contributed by atoms with van der Waals surface area (Å²) in [5.41, 5.74) is 1.63. The smallest absolute Gasteiger partial charge is 0.192 e. The second-order valence-electron chi connectivity index (χ2n) is 7.73. The monoisotopic (exact) mass is 428 g/mol. The van der Waals surface area contributed by atoms with E-state index in [1.54, 1.807) is 0 Å². The van der Waals surface area contributed by atoms with E-state index in [-0.39, 0.29) is 5.25 Å². The summed E-state index contributed by atoms with van der Waals surface area (Å²) >= 11 is 1.45. The maximum Gasteiger partial charge on any atom is 0.192 e. The van der Waals surface area contributed by atoms with Crippen LogP contribution < -0.4 is 0 Å². The maximum atomic E-state index is 14.3. The van der Waals surface area contributed by atoms with Gasteiger partial charge in [-0.15, -0.1) is 10.2 Å². The van der Waals surface area contributed by atoms with Gasteiger partial charge in [0, 0.05) is 16.9 Å². The Labute approximate surface area is 180 Å². The van der Waals surface area contributed by atoms with Gasteiger partial charge in [-0.1, -0.05) is 54.6 Å². The van der Waals surface area contributed by atoms with Gasteiger partial charge in [0.05, 0.1) is 13.1 Å². The molecule has 7 heteroatoms. The summed E-state index contributed by atoms with van der Waals surface area (Å²) < 4.78 is 29.7. The lowest BCUT2D eigenvalue weighted by molar-refractivity contribution is 0.213. The zero-order chi connectivity index (χ0) is 20.9. The molecule has 0 aliphatic carbocycles. The van der Waals surface area contributed by atoms with Crippen LogP contribution in [0, 0.1) is 11.6 Å². The van der Waals surface area contributed by atoms with E-state index in [2.05, 4.69) is 31.8 Å². The minimum atomic E-state index is -0.565. The van der Waals surface area contributed by atoms with Crippen LogP contribution >= 0.6 is 11.8 Å². The molecule has 0 amide bonds. The van der Waals surface area contributed by atoms with Crippen LogP contribution in [-0.2, 0) is 13.1 Å². The normalized spacial score (nSPS) is 16.0. The first-order chi connectivity index (χ1) is 14.6. The third kappa shape index (κ3) is 5.08. The molecule has 4 nitrogen and oxygen atoms in total. The predicted molar refractivity (Wildman–Crippen MR) is 115 cm³/mol.